The van der Waals surface area contributed by atoms with E-state index >= 15 is 4.39 Å². The Kier molecular flexibility index (Phi) is 6.87. The molecule has 3 N–H and O–H groups in total. The largest absolute Gasteiger partial charge is 0.496 e. The predicted molar refractivity (Wildman–Crippen MR) is 151 cm³/mol. The Bertz CT molecular complexity index is 1800. The monoisotopic (exact) mass is 539 g/mol. The summed E-state index contributed by atoms with van der Waals surface area (Å²) in [6, 6.07) is 11.6. The zero-order chi connectivity index (χ0) is 28.6. The smallest absolute Gasteiger partial charge is 0.322 e. The van der Waals surface area contributed by atoms with Gasteiger partial charge in [0.1, 0.15) is 23.5 Å². The van der Waals surface area contributed by atoms with Crippen molar-refractivity contribution >= 4 is 28.4 Å². The number of halogens is 1. The van der Waals surface area contributed by atoms with E-state index in [4.69, 9.17) is 15.2 Å². The number of hydrogen-bond donors (Lipinski definition) is 2. The minimum absolute atomic E-state index is 0.0319. The van der Waals surface area contributed by atoms with Gasteiger partial charge in [0, 0.05) is 47.4 Å². The first kappa shape index (κ1) is 26.3. The van der Waals surface area contributed by atoms with Crippen molar-refractivity contribution in [3.05, 3.63) is 78.7 Å². The fourth-order valence-electron chi connectivity index (χ4n) is 4.39. The fraction of sp³-hybridized carbons (Fsp3) is 0.138. The molecule has 0 aliphatic carbocycles. The number of nitrogens with zero attached hydrogens (tertiary/aromatic N) is 5. The minimum atomic E-state index is -0.620. The zero-order valence-corrected chi connectivity index (χ0v) is 22.3. The summed E-state index contributed by atoms with van der Waals surface area (Å²) in [4.78, 5) is 29.0. The van der Waals surface area contributed by atoms with Crippen molar-refractivity contribution in [2.24, 2.45) is 7.05 Å². The summed E-state index contributed by atoms with van der Waals surface area (Å²) in [5.74, 6) is -0.256. The number of aryl methyl sites for hydroxylation is 2. The van der Waals surface area contributed by atoms with Gasteiger partial charge in [-0.15, -0.1) is 0 Å². The topological polar surface area (TPSA) is 130 Å². The maximum absolute atomic E-state index is 15.4. The molecule has 0 bridgehead atoms. The van der Waals surface area contributed by atoms with Crippen molar-refractivity contribution in [3.63, 3.8) is 0 Å². The maximum atomic E-state index is 15.4. The number of rotatable bonds is 7. The van der Waals surface area contributed by atoms with E-state index in [1.54, 1.807) is 44.2 Å². The van der Waals surface area contributed by atoms with E-state index in [1.807, 2.05) is 11.6 Å². The first-order valence-corrected chi connectivity index (χ1v) is 12.2. The van der Waals surface area contributed by atoms with E-state index in [0.29, 0.717) is 56.1 Å². The first-order chi connectivity index (χ1) is 19.2. The van der Waals surface area contributed by atoms with Crippen LogP contribution in [0, 0.1) is 12.7 Å². The van der Waals surface area contributed by atoms with Crippen LogP contribution < -0.4 is 20.5 Å². The summed E-state index contributed by atoms with van der Waals surface area (Å²) in [6.07, 6.45) is 2.91. The van der Waals surface area contributed by atoms with Gasteiger partial charge in [-0.25, -0.2) is 24.3 Å². The van der Waals surface area contributed by atoms with Gasteiger partial charge in [0.05, 0.1) is 18.2 Å². The van der Waals surface area contributed by atoms with Crippen LogP contribution in [0.5, 0.6) is 17.5 Å². The van der Waals surface area contributed by atoms with Crippen LogP contribution in [0.1, 0.15) is 12.6 Å². The van der Waals surface area contributed by atoms with Gasteiger partial charge in [0.2, 0.25) is 0 Å². The Morgan fingerprint density at radius 3 is 2.60 bits per heavy atom. The van der Waals surface area contributed by atoms with Crippen molar-refractivity contribution in [1.82, 2.24) is 24.5 Å². The van der Waals surface area contributed by atoms with Crippen LogP contribution in [0.15, 0.2) is 67.1 Å². The quantitative estimate of drug-likeness (QED) is 0.262. The number of fused-ring (bicyclic) bond motifs is 1. The molecule has 0 unspecified atom stereocenters. The van der Waals surface area contributed by atoms with Gasteiger partial charge in [-0.1, -0.05) is 12.6 Å². The molecule has 0 aliphatic heterocycles. The highest BCUT2D eigenvalue weighted by Gasteiger charge is 2.25. The fourth-order valence-corrected chi connectivity index (χ4v) is 4.39. The number of nitrogen functional groups attached to an aromatic ring is 1. The number of carbonyl (C=O) groups excluding carboxylic acids is 1. The molecule has 0 fully saturated rings. The number of methoxy groups -OCH3 is 1. The van der Waals surface area contributed by atoms with Crippen molar-refractivity contribution in [3.8, 4) is 39.9 Å². The third kappa shape index (κ3) is 4.80. The Hall–Kier alpha value is -5.32. The zero-order valence-electron chi connectivity index (χ0n) is 22.3. The lowest BCUT2D eigenvalue weighted by Crippen LogP contribution is -2.11. The third-order valence-electron chi connectivity index (χ3n) is 6.29. The molecule has 5 aromatic rings. The summed E-state index contributed by atoms with van der Waals surface area (Å²) in [6.45, 7) is 7.08. The summed E-state index contributed by atoms with van der Waals surface area (Å²) < 4.78 is 28.6. The van der Waals surface area contributed by atoms with E-state index in [1.165, 1.54) is 31.8 Å². The van der Waals surface area contributed by atoms with Gasteiger partial charge in [-0.2, -0.15) is 0 Å². The first-order valence-electron chi connectivity index (χ1n) is 12.2. The standard InChI is InChI=1S/C29H26FN7O3/c1-15(2)28(38)36-18-7-8-19(22(13-18)39-5)25-23(24-26(31)33-14-34-27(24)37(25)4)17-6-9-21(20(30)12-17)40-29-32-11-10-16(3)35-29/h6-14H,1H2,2-5H3,(H,36,38)(H2,31,33,34). The van der Waals surface area contributed by atoms with Gasteiger partial charge in [-0.05, 0) is 49.7 Å². The number of amides is 1. The average Bonchev–Trinajstić information content (AvgIpc) is 3.23. The van der Waals surface area contributed by atoms with Gasteiger partial charge in [0.25, 0.3) is 5.91 Å². The number of anilines is 2. The molecule has 2 aromatic carbocycles. The number of nitrogens with one attached hydrogen (secondary N) is 1. The van der Waals surface area contributed by atoms with Crippen molar-refractivity contribution < 1.29 is 18.7 Å². The molecule has 5 rings (SSSR count). The van der Waals surface area contributed by atoms with Gasteiger partial charge < -0.3 is 25.1 Å². The molecule has 0 aliphatic rings. The molecular weight excluding hydrogens is 513 g/mol. The lowest BCUT2D eigenvalue weighted by molar-refractivity contribution is -0.112. The van der Waals surface area contributed by atoms with E-state index in [2.05, 4.69) is 31.8 Å². The Labute approximate surface area is 229 Å². The summed E-state index contributed by atoms with van der Waals surface area (Å²) >= 11 is 0. The molecule has 3 heterocycles. The minimum Gasteiger partial charge on any atom is -0.496 e. The Balaban J connectivity index is 1.67. The van der Waals surface area contributed by atoms with Crippen LogP contribution in [0.4, 0.5) is 15.9 Å². The van der Waals surface area contributed by atoms with E-state index < -0.39 is 5.82 Å². The van der Waals surface area contributed by atoms with Crippen LogP contribution >= 0.6 is 0 Å². The number of nitrogens with two attached hydrogens (primary N) is 1. The molecule has 0 saturated carbocycles. The molecule has 0 spiro atoms. The average molecular weight is 540 g/mol. The third-order valence-corrected chi connectivity index (χ3v) is 6.29. The van der Waals surface area contributed by atoms with E-state index in [0.717, 1.165) is 0 Å². The number of benzene rings is 2. The summed E-state index contributed by atoms with van der Waals surface area (Å²) in [5, 5.41) is 3.34. The molecular formula is C29H26FN7O3. The van der Waals surface area contributed by atoms with Gasteiger partial charge >= 0.3 is 6.01 Å². The number of aromatic nitrogens is 5. The van der Waals surface area contributed by atoms with Crippen molar-refractivity contribution in [1.29, 1.82) is 0 Å². The van der Waals surface area contributed by atoms with Crippen LogP contribution in [-0.2, 0) is 11.8 Å². The predicted octanol–water partition coefficient (Wildman–Crippen LogP) is 5.44. The molecule has 1 amide bonds. The van der Waals surface area contributed by atoms with Gasteiger partial charge in [0.15, 0.2) is 11.6 Å². The maximum Gasteiger partial charge on any atom is 0.322 e. The van der Waals surface area contributed by atoms with Crippen LogP contribution in [-0.4, -0.2) is 37.5 Å². The molecule has 202 valence electrons. The van der Waals surface area contributed by atoms with Crippen LogP contribution in [0.2, 0.25) is 0 Å². The van der Waals surface area contributed by atoms with E-state index in [-0.39, 0.29) is 23.5 Å². The molecule has 0 radical (unpaired) electrons. The molecule has 0 saturated heterocycles. The molecule has 40 heavy (non-hydrogen) atoms. The molecule has 3 aromatic heterocycles. The normalized spacial score (nSPS) is 10.9. The molecule has 10 nitrogen and oxygen atoms in total. The lowest BCUT2D eigenvalue weighted by atomic mass is 9.97. The number of ether oxygens (including phenoxy) is 2. The second-order valence-corrected chi connectivity index (χ2v) is 9.12. The Morgan fingerprint density at radius 1 is 1.10 bits per heavy atom. The summed E-state index contributed by atoms with van der Waals surface area (Å²) in [5.41, 5.74) is 10.9. The second kappa shape index (κ2) is 10.4. The SMILES string of the molecule is C=C(C)C(=O)Nc1ccc(-c2c(-c3ccc(Oc4nccc(C)n4)c(F)c3)c3c(N)ncnc3n2C)c(OC)c1. The number of carbonyl (C=O) groups is 1. The van der Waals surface area contributed by atoms with E-state index in [9.17, 15) is 4.79 Å². The molecule has 11 heteroatoms. The van der Waals surface area contributed by atoms with Crippen molar-refractivity contribution in [2.75, 3.05) is 18.2 Å². The van der Waals surface area contributed by atoms with Crippen LogP contribution in [0.3, 0.4) is 0 Å². The highest BCUT2D eigenvalue weighted by atomic mass is 19.1. The van der Waals surface area contributed by atoms with Crippen molar-refractivity contribution in [2.45, 2.75) is 13.8 Å². The molecule has 0 atom stereocenters. The van der Waals surface area contributed by atoms with Crippen LogP contribution in [0.25, 0.3) is 33.4 Å². The summed E-state index contributed by atoms with van der Waals surface area (Å²) in [7, 11) is 3.35. The second-order valence-electron chi connectivity index (χ2n) is 9.12. The Morgan fingerprint density at radius 2 is 1.90 bits per heavy atom. The van der Waals surface area contributed by atoms with Gasteiger partial charge in [-0.3, -0.25) is 4.79 Å². The lowest BCUT2D eigenvalue weighted by Gasteiger charge is -2.15. The number of hydrogen-bond acceptors (Lipinski definition) is 8. The highest BCUT2D eigenvalue weighted by molar-refractivity contribution is 6.08. The highest BCUT2D eigenvalue weighted by Crippen LogP contribution is 2.45.